The summed E-state index contributed by atoms with van der Waals surface area (Å²) in [5.41, 5.74) is -0.991. The van der Waals surface area contributed by atoms with Crippen LogP contribution in [0.1, 0.15) is 18.5 Å². The van der Waals surface area contributed by atoms with Crippen molar-refractivity contribution in [2.24, 2.45) is 0 Å². The molecule has 2 heterocycles. The number of carbonyl (C=O) groups excluding carboxylic acids is 1. The predicted octanol–water partition coefficient (Wildman–Crippen LogP) is 2.04. The van der Waals surface area contributed by atoms with E-state index in [0.717, 1.165) is 42.6 Å². The van der Waals surface area contributed by atoms with E-state index in [1.54, 1.807) is 0 Å². The molecule has 0 bridgehead atoms. The Labute approximate surface area is 111 Å². The van der Waals surface area contributed by atoms with Gasteiger partial charge in [0.1, 0.15) is 0 Å². The number of nitrogens with zero attached hydrogens (tertiary/aromatic N) is 1. The summed E-state index contributed by atoms with van der Waals surface area (Å²) in [6.07, 6.45) is -2.87. The summed E-state index contributed by atoms with van der Waals surface area (Å²) in [6.45, 7) is 1.64. The highest BCUT2D eigenvalue weighted by molar-refractivity contribution is 7.13. The fraction of sp³-hybridized carbons (Fsp3) is 0.600. The average Bonchev–Trinajstić information content (AvgIpc) is 2.78. The topological polar surface area (TPSA) is 66.0 Å². The van der Waals surface area contributed by atoms with Crippen molar-refractivity contribution in [3.63, 3.8) is 0 Å². The zero-order chi connectivity index (χ0) is 13.9. The van der Waals surface area contributed by atoms with Crippen LogP contribution in [0.25, 0.3) is 0 Å². The van der Waals surface area contributed by atoms with Crippen LogP contribution in [0.15, 0.2) is 5.38 Å². The number of nitrogens with one attached hydrogen (secondary N) is 3. The molecule has 1 aromatic rings. The maximum Gasteiger partial charge on any atom is 0.434 e. The van der Waals surface area contributed by atoms with Gasteiger partial charge in [-0.2, -0.15) is 13.2 Å². The maximum atomic E-state index is 12.3. The molecular weight excluding hydrogens is 281 g/mol. The monoisotopic (exact) mass is 294 g/mol. The molecule has 0 unspecified atom stereocenters. The molecule has 0 spiro atoms. The number of amides is 2. The standard InChI is InChI=1S/C10H13F3N4OS/c11-10(12,13)7-5-19-9(16-7)17-8(18)15-6-1-3-14-4-2-6/h5-6,14H,1-4H2,(H2,15,16,17,18). The van der Waals surface area contributed by atoms with Crippen LogP contribution in [-0.4, -0.2) is 30.1 Å². The Morgan fingerprint density at radius 1 is 1.42 bits per heavy atom. The first-order valence-corrected chi connectivity index (χ1v) is 6.64. The van der Waals surface area contributed by atoms with Crippen molar-refractivity contribution in [3.8, 4) is 0 Å². The molecule has 1 fully saturated rings. The molecule has 1 aliphatic rings. The van der Waals surface area contributed by atoms with Gasteiger partial charge in [-0.25, -0.2) is 9.78 Å². The number of anilines is 1. The van der Waals surface area contributed by atoms with E-state index in [2.05, 4.69) is 20.9 Å². The fourth-order valence-electron chi connectivity index (χ4n) is 1.75. The van der Waals surface area contributed by atoms with Crippen molar-refractivity contribution < 1.29 is 18.0 Å². The van der Waals surface area contributed by atoms with Crippen molar-refractivity contribution in [1.29, 1.82) is 0 Å². The van der Waals surface area contributed by atoms with E-state index in [-0.39, 0.29) is 11.2 Å². The van der Waals surface area contributed by atoms with Crippen molar-refractivity contribution in [3.05, 3.63) is 11.1 Å². The van der Waals surface area contributed by atoms with E-state index >= 15 is 0 Å². The second-order valence-corrected chi connectivity index (χ2v) is 5.02. The van der Waals surface area contributed by atoms with Gasteiger partial charge in [-0.15, -0.1) is 11.3 Å². The summed E-state index contributed by atoms with van der Waals surface area (Å²) in [4.78, 5) is 14.9. The largest absolute Gasteiger partial charge is 0.434 e. The normalized spacial score (nSPS) is 17.2. The summed E-state index contributed by atoms with van der Waals surface area (Å²) in [7, 11) is 0. The van der Waals surface area contributed by atoms with E-state index in [4.69, 9.17) is 0 Å². The van der Waals surface area contributed by atoms with E-state index in [1.165, 1.54) is 0 Å². The Bertz CT molecular complexity index is 442. The molecule has 5 nitrogen and oxygen atoms in total. The van der Waals surface area contributed by atoms with E-state index in [1.807, 2.05) is 0 Å². The Kier molecular flexibility index (Phi) is 4.25. The molecule has 2 amide bonds. The molecule has 0 aliphatic carbocycles. The van der Waals surface area contributed by atoms with Crippen molar-refractivity contribution in [1.82, 2.24) is 15.6 Å². The van der Waals surface area contributed by atoms with Crippen molar-refractivity contribution in [2.45, 2.75) is 25.1 Å². The van der Waals surface area contributed by atoms with E-state index in [0.29, 0.717) is 0 Å². The zero-order valence-electron chi connectivity index (χ0n) is 9.88. The molecule has 1 saturated heterocycles. The number of aromatic nitrogens is 1. The first-order valence-electron chi connectivity index (χ1n) is 5.76. The first kappa shape index (κ1) is 14.1. The van der Waals surface area contributed by atoms with Gasteiger partial charge in [-0.3, -0.25) is 5.32 Å². The molecule has 3 N–H and O–H groups in total. The molecule has 0 aromatic carbocycles. The first-order chi connectivity index (χ1) is 8.95. The minimum Gasteiger partial charge on any atom is -0.335 e. The third-order valence-corrected chi connectivity index (χ3v) is 3.45. The SMILES string of the molecule is O=C(Nc1nc(C(F)(F)F)cs1)NC1CCNCC1. The van der Waals surface area contributed by atoms with Gasteiger partial charge < -0.3 is 10.6 Å². The van der Waals surface area contributed by atoms with Gasteiger partial charge >= 0.3 is 12.2 Å². The molecule has 2 rings (SSSR count). The Morgan fingerprint density at radius 2 is 2.11 bits per heavy atom. The second kappa shape index (κ2) is 5.74. The molecule has 1 aliphatic heterocycles. The quantitative estimate of drug-likeness (QED) is 0.782. The average molecular weight is 294 g/mol. The van der Waals surface area contributed by atoms with E-state index in [9.17, 15) is 18.0 Å². The number of thiazole rings is 1. The highest BCUT2D eigenvalue weighted by atomic mass is 32.1. The van der Waals surface area contributed by atoms with Crippen LogP contribution in [0.3, 0.4) is 0 Å². The summed E-state index contributed by atoms with van der Waals surface area (Å²) in [5, 5.41) is 9.00. The van der Waals surface area contributed by atoms with Gasteiger partial charge in [0.05, 0.1) is 0 Å². The zero-order valence-corrected chi connectivity index (χ0v) is 10.7. The van der Waals surface area contributed by atoms with E-state index < -0.39 is 17.9 Å². The highest BCUT2D eigenvalue weighted by Gasteiger charge is 2.33. The Balaban J connectivity index is 1.86. The summed E-state index contributed by atoms with van der Waals surface area (Å²) >= 11 is 0.751. The summed E-state index contributed by atoms with van der Waals surface area (Å²) in [5.74, 6) is 0. The van der Waals surface area contributed by atoms with Gasteiger partial charge in [0.15, 0.2) is 10.8 Å². The minimum atomic E-state index is -4.48. The molecule has 0 atom stereocenters. The molecular formula is C10H13F3N4OS. The van der Waals surface area contributed by atoms with Gasteiger partial charge in [0.2, 0.25) is 0 Å². The van der Waals surface area contributed by atoms with Crippen molar-refractivity contribution >= 4 is 22.5 Å². The van der Waals surface area contributed by atoms with Crippen LogP contribution in [0, 0.1) is 0 Å². The van der Waals surface area contributed by atoms with Gasteiger partial charge in [-0.1, -0.05) is 0 Å². The number of rotatable bonds is 2. The number of carbonyl (C=O) groups is 1. The second-order valence-electron chi connectivity index (χ2n) is 4.16. The van der Waals surface area contributed by atoms with Crippen LogP contribution < -0.4 is 16.0 Å². The van der Waals surface area contributed by atoms with Crippen LogP contribution in [-0.2, 0) is 6.18 Å². The number of alkyl halides is 3. The van der Waals surface area contributed by atoms with Crippen LogP contribution in [0.2, 0.25) is 0 Å². The number of hydrogen-bond acceptors (Lipinski definition) is 4. The Morgan fingerprint density at radius 3 is 2.68 bits per heavy atom. The van der Waals surface area contributed by atoms with Gasteiger partial charge in [0, 0.05) is 11.4 Å². The van der Waals surface area contributed by atoms with Crippen LogP contribution >= 0.6 is 11.3 Å². The number of urea groups is 1. The smallest absolute Gasteiger partial charge is 0.335 e. The third kappa shape index (κ3) is 4.06. The van der Waals surface area contributed by atoms with Crippen molar-refractivity contribution in [2.75, 3.05) is 18.4 Å². The lowest BCUT2D eigenvalue weighted by atomic mass is 10.1. The fourth-order valence-corrected chi connectivity index (χ4v) is 2.46. The number of hydrogen-bond donors (Lipinski definition) is 3. The molecule has 1 aromatic heterocycles. The molecule has 0 saturated carbocycles. The number of piperidine rings is 1. The molecule has 106 valence electrons. The lowest BCUT2D eigenvalue weighted by Gasteiger charge is -2.23. The third-order valence-electron chi connectivity index (χ3n) is 2.69. The highest BCUT2D eigenvalue weighted by Crippen LogP contribution is 2.31. The van der Waals surface area contributed by atoms with Crippen LogP contribution in [0.4, 0.5) is 23.1 Å². The predicted molar refractivity (Wildman–Crippen MR) is 65.2 cm³/mol. The maximum absolute atomic E-state index is 12.3. The van der Waals surface area contributed by atoms with Crippen LogP contribution in [0.5, 0.6) is 0 Å². The molecule has 0 radical (unpaired) electrons. The summed E-state index contributed by atoms with van der Waals surface area (Å²) < 4.78 is 37.0. The Hall–Kier alpha value is -1.35. The minimum absolute atomic E-state index is 0.0447. The van der Waals surface area contributed by atoms with Gasteiger partial charge in [0.25, 0.3) is 0 Å². The molecule has 19 heavy (non-hydrogen) atoms. The molecule has 9 heteroatoms. The van der Waals surface area contributed by atoms with Gasteiger partial charge in [-0.05, 0) is 25.9 Å². The lowest BCUT2D eigenvalue weighted by molar-refractivity contribution is -0.140. The lowest BCUT2D eigenvalue weighted by Crippen LogP contribution is -2.44. The number of halogens is 3. The summed E-state index contributed by atoms with van der Waals surface area (Å²) in [6, 6.07) is -0.474.